The standard InChI is InChI=1S/C14H26.C13H24.C12H20.C12H22.C11H18.2C11H20.2C10H18.2C9H16/c1-12-4-6-14(7-5-12)10-8-13(2,3)9-11-14;1-11-7-9-13(10-8-11)12-5-3-2-4-6-12;1-2-12-6-9-3-10(7-12)5-11(4-9)8-12;1-11-5-9-12(10-6-11)7-3-2-4-8-12;1-11-5-8-2-9(6-11)4-10(3-8)7-11;1-8-9-4-6-10(7-5-9)11(8,2)3;1-10-4-8-11(9-5-10)6-2-3-7-11;1-8-7-9-3-5-10(8,2)6-4-9;1-7-8(2)10-5-3-9(7)4-6-10;1-7-6-8-2-4-9(7)5-3-8;1-2-8-5-7-3-4-9(8)6-7/h12H,4-11H2,1-3H3;11-13H,2-10H2,1H3;9-11H,2-8H2,1H3;11H,2-10H2,1H3;8-10H,2-7H2,1H3;8-10H,4-7H2,1-3H3;10H,2-9H2,1H3;8-9H,3-7H2,1-2H3;7-10H,3-6H2,1-2H3;2*7-9H,2-6H2,1H3/t;;;;;8-,9?,10?;;8-,9?,10?;7-,8?,9?,10?;7-,8?,9?;/m.....1.000./s1. The molecule has 4 unspecified atom stereocenters. The van der Waals surface area contributed by atoms with Crippen molar-refractivity contribution in [1.82, 2.24) is 0 Å². The molecule has 30 fully saturated rings. The lowest BCUT2D eigenvalue weighted by Gasteiger charge is -2.56. The minimum atomic E-state index is 0.647. The molecule has 3 spiro atoms. The molecule has 0 aromatic rings. The van der Waals surface area contributed by atoms with Crippen molar-refractivity contribution in [1.29, 1.82) is 0 Å². The average molecular weight is 1690 g/mol. The summed E-state index contributed by atoms with van der Waals surface area (Å²) in [6.45, 7) is 41.6. The number of fused-ring (bicyclic) bond motifs is 14. The molecule has 30 aliphatic carbocycles. The third-order valence-corrected chi connectivity index (χ3v) is 46.7. The average Bonchev–Trinajstić information content (AvgIpc) is 0.848. The van der Waals surface area contributed by atoms with Crippen molar-refractivity contribution in [2.45, 2.75) is 567 Å². The van der Waals surface area contributed by atoms with Crippen LogP contribution in [0.25, 0.3) is 0 Å². The topological polar surface area (TPSA) is 0 Å². The van der Waals surface area contributed by atoms with Crippen molar-refractivity contribution >= 4 is 0 Å². The number of hydrogen-bond acceptors (Lipinski definition) is 0. The zero-order valence-corrected chi connectivity index (χ0v) is 86.1. The molecular formula is C122H218. The second-order valence-corrected chi connectivity index (χ2v) is 56.1. The van der Waals surface area contributed by atoms with Gasteiger partial charge in [0.15, 0.2) is 0 Å². The van der Waals surface area contributed by atoms with Gasteiger partial charge in [-0.15, -0.1) is 0 Å². The molecule has 0 N–H and O–H groups in total. The van der Waals surface area contributed by atoms with E-state index in [1.54, 1.807) is 212 Å². The predicted molar refractivity (Wildman–Crippen MR) is 533 cm³/mol. The van der Waals surface area contributed by atoms with Crippen LogP contribution in [0.2, 0.25) is 0 Å². The lowest BCUT2D eigenvalue weighted by atomic mass is 9.49. The Morgan fingerprint density at radius 2 is 0.615 bits per heavy atom. The summed E-state index contributed by atoms with van der Waals surface area (Å²) in [7, 11) is 0. The highest BCUT2D eigenvalue weighted by Gasteiger charge is 2.53. The lowest BCUT2D eigenvalue weighted by Crippen LogP contribution is -2.45. The largest absolute Gasteiger partial charge is 0.0651 e. The highest BCUT2D eigenvalue weighted by Crippen LogP contribution is 2.64. The highest BCUT2D eigenvalue weighted by molar-refractivity contribution is 5.04. The molecule has 0 radical (unpaired) electrons. The van der Waals surface area contributed by atoms with E-state index < -0.39 is 0 Å². The molecule has 0 heterocycles. The monoisotopic (exact) mass is 1680 g/mol. The van der Waals surface area contributed by atoms with Crippen LogP contribution in [0.1, 0.15) is 567 Å². The van der Waals surface area contributed by atoms with Crippen LogP contribution in [0.4, 0.5) is 0 Å². The fourth-order valence-corrected chi connectivity index (χ4v) is 37.0. The Balaban J connectivity index is 0.000000110. The first-order valence-electron chi connectivity index (χ1n) is 58.4. The second-order valence-electron chi connectivity index (χ2n) is 56.1. The zero-order valence-electron chi connectivity index (χ0n) is 86.1. The van der Waals surface area contributed by atoms with Gasteiger partial charge in [0.05, 0.1) is 0 Å². The van der Waals surface area contributed by atoms with Gasteiger partial charge < -0.3 is 0 Å². The van der Waals surface area contributed by atoms with E-state index in [-0.39, 0.29) is 0 Å². The highest BCUT2D eigenvalue weighted by atomic mass is 14.6. The summed E-state index contributed by atoms with van der Waals surface area (Å²) >= 11 is 0. The molecule has 0 saturated heterocycles. The minimum Gasteiger partial charge on any atom is -0.0651 e. The SMILES string of the molecule is CC12CC3CC(CC(C3)C1)C2.CC1C2CCC(CC2)[C@H]1C.CC1CCC(C2CCCCC2)CC1.CC1CCC2(CC1)CCC(C)(C)CC2.CC1CCC2(CCCC2)CC1.CC1CCC2(CCCCC2)CC1.CCC12CC3CC(CC(C3)C1)C2.CCC1CC2CCC1C2.C[C@@H]1C2CCC(CC2)C1(C)C.C[C@H]1CC2CCC1(C)CC2.C[C@H]1CC2CCC1CC2. The summed E-state index contributed by atoms with van der Waals surface area (Å²) in [5, 5.41) is 0. The van der Waals surface area contributed by atoms with E-state index in [0.717, 1.165) is 192 Å². The summed E-state index contributed by atoms with van der Waals surface area (Å²) in [6, 6.07) is 0. The maximum absolute atomic E-state index is 2.54. The van der Waals surface area contributed by atoms with Gasteiger partial charge in [-0.05, 0) is 505 Å². The maximum atomic E-state index is 2.54. The van der Waals surface area contributed by atoms with Crippen LogP contribution < -0.4 is 0 Å². The predicted octanol–water partition coefficient (Wildman–Crippen LogP) is 39.4. The van der Waals surface area contributed by atoms with Gasteiger partial charge in [-0.3, -0.25) is 0 Å². The summed E-state index contributed by atoms with van der Waals surface area (Å²) < 4.78 is 0. The molecule has 0 aromatic heterocycles. The van der Waals surface area contributed by atoms with Crippen LogP contribution in [-0.4, -0.2) is 0 Å². The molecule has 706 valence electrons. The molecule has 0 aromatic carbocycles. The van der Waals surface area contributed by atoms with Crippen LogP contribution in [0.3, 0.4) is 0 Å². The molecule has 30 saturated carbocycles. The molecule has 122 heavy (non-hydrogen) atoms. The summed E-state index contributed by atoms with van der Waals surface area (Å²) in [5.41, 5.74) is 6.17. The third-order valence-electron chi connectivity index (χ3n) is 46.7. The first-order valence-corrected chi connectivity index (χ1v) is 58.4. The second kappa shape index (κ2) is 44.0. The van der Waals surface area contributed by atoms with E-state index in [1.165, 1.54) is 238 Å². The van der Waals surface area contributed by atoms with E-state index in [9.17, 15) is 0 Å². The molecule has 30 aliphatic rings. The van der Waals surface area contributed by atoms with E-state index in [4.69, 9.17) is 0 Å². The number of rotatable bonds is 3. The molecule has 8 atom stereocenters. The molecule has 30 rings (SSSR count). The Kier molecular flexibility index (Phi) is 35.3. The van der Waals surface area contributed by atoms with Crippen molar-refractivity contribution < 1.29 is 0 Å². The van der Waals surface area contributed by atoms with E-state index in [1.807, 2.05) is 0 Å². The molecule has 0 aliphatic heterocycles. The van der Waals surface area contributed by atoms with Gasteiger partial charge in [-0.2, -0.15) is 0 Å². The van der Waals surface area contributed by atoms with Gasteiger partial charge in [0.25, 0.3) is 0 Å². The van der Waals surface area contributed by atoms with E-state index in [0.29, 0.717) is 10.8 Å². The molecule has 0 nitrogen and oxygen atoms in total. The normalized spacial score (nSPS) is 45.2. The lowest BCUT2D eigenvalue weighted by molar-refractivity contribution is -0.0545. The number of hydrogen-bond donors (Lipinski definition) is 0. The van der Waals surface area contributed by atoms with Crippen molar-refractivity contribution in [2.24, 2.45) is 203 Å². The Morgan fingerprint density at radius 3 is 0.934 bits per heavy atom. The summed E-state index contributed by atoms with van der Waals surface area (Å²) in [4.78, 5) is 0. The van der Waals surface area contributed by atoms with Gasteiger partial charge in [0, 0.05) is 0 Å². The van der Waals surface area contributed by atoms with Crippen molar-refractivity contribution in [3.63, 3.8) is 0 Å². The molecule has 18 bridgehead atoms. The Hall–Kier alpha value is 0. The van der Waals surface area contributed by atoms with Crippen molar-refractivity contribution in [2.75, 3.05) is 0 Å². The minimum absolute atomic E-state index is 0.647. The van der Waals surface area contributed by atoms with E-state index in [2.05, 4.69) is 118 Å². The van der Waals surface area contributed by atoms with Gasteiger partial charge in [-0.25, -0.2) is 0 Å². The van der Waals surface area contributed by atoms with Crippen LogP contribution in [0.5, 0.6) is 0 Å². The van der Waals surface area contributed by atoms with Crippen LogP contribution in [0.15, 0.2) is 0 Å². The molecule has 0 amide bonds. The van der Waals surface area contributed by atoms with Crippen LogP contribution in [-0.2, 0) is 0 Å². The maximum Gasteiger partial charge on any atom is -0.0292 e. The Labute approximate surface area is 765 Å². The van der Waals surface area contributed by atoms with Gasteiger partial charge in [-0.1, -0.05) is 265 Å². The van der Waals surface area contributed by atoms with Gasteiger partial charge in [0.2, 0.25) is 0 Å². The van der Waals surface area contributed by atoms with Gasteiger partial charge >= 0.3 is 0 Å². The first-order chi connectivity index (χ1) is 58.4. The summed E-state index contributed by atoms with van der Waals surface area (Å²) in [6.07, 6.45) is 108. The van der Waals surface area contributed by atoms with E-state index >= 15 is 0 Å². The Bertz CT molecular complexity index is 2820. The first kappa shape index (κ1) is 98.0. The fourth-order valence-electron chi connectivity index (χ4n) is 37.0. The van der Waals surface area contributed by atoms with Crippen molar-refractivity contribution in [3.8, 4) is 0 Å². The quantitative estimate of drug-likeness (QED) is 0.264. The summed E-state index contributed by atoms with van der Waals surface area (Å²) in [5.74, 6) is 29.4. The molecule has 0 heteroatoms. The van der Waals surface area contributed by atoms with Crippen LogP contribution >= 0.6 is 0 Å². The van der Waals surface area contributed by atoms with Gasteiger partial charge in [0.1, 0.15) is 0 Å². The zero-order chi connectivity index (χ0) is 86.1. The Morgan fingerprint density at radius 1 is 0.246 bits per heavy atom. The molecular weight excluding hydrogens is 1470 g/mol. The fraction of sp³-hybridized carbons (Fsp3) is 1.00. The third kappa shape index (κ3) is 26.1. The smallest absolute Gasteiger partial charge is 0.0292 e. The van der Waals surface area contributed by atoms with Crippen molar-refractivity contribution in [3.05, 3.63) is 0 Å². The van der Waals surface area contributed by atoms with Crippen LogP contribution in [0, 0.1) is 203 Å².